The first-order valence-corrected chi connectivity index (χ1v) is 12.6. The molecule has 9 atom stereocenters. The Bertz CT molecular complexity index is 1370. The lowest BCUT2D eigenvalue weighted by Crippen LogP contribution is -2.76. The molecule has 3 aliphatic heterocycles. The van der Waals surface area contributed by atoms with Crippen molar-refractivity contribution >= 4 is 11.8 Å². The molecule has 2 saturated heterocycles. The van der Waals surface area contributed by atoms with Gasteiger partial charge in [-0.2, -0.15) is 0 Å². The van der Waals surface area contributed by atoms with Gasteiger partial charge in [0.1, 0.15) is 18.2 Å². The number of aliphatic carboxylic acids is 1. The third kappa shape index (κ3) is 3.09. The number of Topliss-reactive ketones (excluding diaryl/α,β-unsaturated/α-hetero) is 1. The highest BCUT2D eigenvalue weighted by molar-refractivity contribution is 5.90. The van der Waals surface area contributed by atoms with Gasteiger partial charge in [-0.15, -0.1) is 0 Å². The van der Waals surface area contributed by atoms with Gasteiger partial charge in [-0.1, -0.05) is 6.07 Å². The first-order chi connectivity index (χ1) is 19.0. The first kappa shape index (κ1) is 19.7. The fraction of sp³-hybridized carbons (Fsp3) is 0.692. The number of carbonyl (C=O) groups excluding carboxylic acids is 1. The summed E-state index contributed by atoms with van der Waals surface area (Å²) in [4.78, 5) is 27.4. The number of nitrogens with zero attached hydrogens (tertiary/aromatic N) is 1. The van der Waals surface area contributed by atoms with Crippen LogP contribution in [0.15, 0.2) is 12.1 Å². The van der Waals surface area contributed by atoms with Gasteiger partial charge in [0.15, 0.2) is 29.5 Å². The van der Waals surface area contributed by atoms with Crippen LogP contribution in [0.3, 0.4) is 0 Å². The van der Waals surface area contributed by atoms with E-state index in [0.717, 1.165) is 24.9 Å². The predicted molar refractivity (Wildman–Crippen MR) is 123 cm³/mol. The van der Waals surface area contributed by atoms with Gasteiger partial charge in [0.2, 0.25) is 6.29 Å². The number of rotatable bonds is 5. The van der Waals surface area contributed by atoms with Gasteiger partial charge in [0.05, 0.1) is 16.5 Å². The SMILES string of the molecule is [2H][C@]1(O)[C@@]([2H])(O)[C@@]([2H])(C(=O)O)O[C@@H](Oc2ccc3c4c2O[C@H]2C(=O)CC[C@@]5(O)[C@@H](C3)N(CC3CC3)CC[C@]425)[C@]1([2H])O. The number of hydrogen-bond acceptors (Lipinski definition) is 10. The van der Waals surface area contributed by atoms with Crippen LogP contribution in [0.1, 0.15) is 48.7 Å². The van der Waals surface area contributed by atoms with Gasteiger partial charge >= 0.3 is 5.97 Å². The molecular weight excluding hydrogens is 486 g/mol. The third-order valence-corrected chi connectivity index (χ3v) is 9.10. The Morgan fingerprint density at radius 1 is 1.19 bits per heavy atom. The normalized spacial score (nSPS) is 53.7. The van der Waals surface area contributed by atoms with Gasteiger partial charge in [0.25, 0.3) is 0 Å². The van der Waals surface area contributed by atoms with Crippen molar-refractivity contribution in [3.8, 4) is 11.5 Å². The van der Waals surface area contributed by atoms with Crippen molar-refractivity contribution < 1.29 is 54.8 Å². The summed E-state index contributed by atoms with van der Waals surface area (Å²) in [5, 5.41) is 53.5. The largest absolute Gasteiger partial charge is 0.479 e. The van der Waals surface area contributed by atoms with Crippen molar-refractivity contribution in [2.45, 2.75) is 92.3 Å². The Balaban J connectivity index is 1.32. The molecule has 11 heteroatoms. The maximum Gasteiger partial charge on any atom is 0.335 e. The van der Waals surface area contributed by atoms with Gasteiger partial charge in [0, 0.05) is 24.6 Å². The van der Waals surface area contributed by atoms with Crippen LogP contribution in [-0.4, -0.2) is 104 Å². The zero-order chi connectivity index (χ0) is 29.5. The number of hydrogen-bond donors (Lipinski definition) is 5. The summed E-state index contributed by atoms with van der Waals surface area (Å²) < 4.78 is 48.8. The van der Waals surface area contributed by atoms with Crippen molar-refractivity contribution in [3.05, 3.63) is 23.3 Å². The summed E-state index contributed by atoms with van der Waals surface area (Å²) in [6, 6.07) is 2.82. The molecule has 200 valence electrons. The maximum atomic E-state index is 13.3. The third-order valence-electron chi connectivity index (χ3n) is 9.10. The molecule has 1 aromatic carbocycles. The molecular formula is C26H31NO10. The van der Waals surface area contributed by atoms with Crippen LogP contribution in [0.4, 0.5) is 0 Å². The van der Waals surface area contributed by atoms with Crippen molar-refractivity contribution in [2.75, 3.05) is 13.1 Å². The Morgan fingerprint density at radius 2 is 1.97 bits per heavy atom. The first-order valence-electron chi connectivity index (χ1n) is 14.6. The molecule has 0 amide bonds. The fourth-order valence-corrected chi connectivity index (χ4v) is 7.25. The number of ketones is 1. The summed E-state index contributed by atoms with van der Waals surface area (Å²) in [5.74, 6) is -2.13. The molecule has 0 aromatic heterocycles. The highest BCUT2D eigenvalue weighted by atomic mass is 16.7. The summed E-state index contributed by atoms with van der Waals surface area (Å²) >= 11 is 0. The average molecular weight is 522 g/mol. The van der Waals surface area contributed by atoms with Crippen molar-refractivity contribution in [1.29, 1.82) is 0 Å². The van der Waals surface area contributed by atoms with E-state index in [1.54, 1.807) is 6.07 Å². The van der Waals surface area contributed by atoms with Crippen LogP contribution in [0, 0.1) is 5.92 Å². The lowest BCUT2D eigenvalue weighted by Gasteiger charge is -2.62. The number of carboxylic acids is 1. The summed E-state index contributed by atoms with van der Waals surface area (Å²) in [6.07, 6.45) is -15.5. The zero-order valence-electron chi connectivity index (χ0n) is 23.8. The Kier molecular flexibility index (Phi) is 4.20. The number of ether oxygens (including phenoxy) is 3. The highest BCUT2D eigenvalue weighted by Gasteiger charge is 2.73. The molecule has 1 spiro atoms. The number of benzene rings is 1. The van der Waals surface area contributed by atoms with E-state index >= 15 is 0 Å². The molecule has 7 rings (SSSR count). The molecule has 37 heavy (non-hydrogen) atoms. The second-order valence-corrected chi connectivity index (χ2v) is 11.0. The molecule has 4 fully saturated rings. The quantitative estimate of drug-likeness (QED) is 0.326. The number of carbonyl (C=O) groups is 2. The van der Waals surface area contributed by atoms with Crippen LogP contribution in [-0.2, 0) is 26.2 Å². The molecule has 0 unspecified atom stereocenters. The van der Waals surface area contributed by atoms with Crippen molar-refractivity contribution in [1.82, 2.24) is 4.90 Å². The molecule has 6 aliphatic rings. The number of aliphatic hydroxyl groups is 4. The van der Waals surface area contributed by atoms with E-state index in [0.29, 0.717) is 30.9 Å². The summed E-state index contributed by atoms with van der Waals surface area (Å²) in [6.45, 7) is 1.50. The predicted octanol–water partition coefficient (Wildman–Crippen LogP) is -0.909. The van der Waals surface area contributed by atoms with E-state index in [1.165, 1.54) is 6.07 Å². The van der Waals surface area contributed by atoms with Gasteiger partial charge < -0.3 is 39.7 Å². The van der Waals surface area contributed by atoms with Crippen LogP contribution in [0.2, 0.25) is 0 Å². The van der Waals surface area contributed by atoms with Crippen LogP contribution in [0.25, 0.3) is 0 Å². The number of piperidine rings is 1. The van der Waals surface area contributed by atoms with E-state index in [-0.39, 0.29) is 36.2 Å². The number of carboxylic acid groups (broad SMARTS) is 1. The van der Waals surface area contributed by atoms with E-state index in [9.17, 15) is 35.1 Å². The van der Waals surface area contributed by atoms with E-state index in [1.807, 2.05) is 0 Å². The zero-order valence-corrected chi connectivity index (χ0v) is 19.8. The highest BCUT2D eigenvalue weighted by Crippen LogP contribution is 2.65. The lowest BCUT2D eigenvalue weighted by atomic mass is 9.49. The molecule has 3 heterocycles. The number of likely N-dealkylation sites (tertiary alicyclic amines) is 1. The minimum Gasteiger partial charge on any atom is -0.479 e. The van der Waals surface area contributed by atoms with E-state index < -0.39 is 53.7 Å². The van der Waals surface area contributed by atoms with Gasteiger partial charge in [-0.3, -0.25) is 9.69 Å². The second-order valence-electron chi connectivity index (χ2n) is 11.0. The Morgan fingerprint density at radius 3 is 2.70 bits per heavy atom. The minimum absolute atomic E-state index is 0.0146. The summed E-state index contributed by atoms with van der Waals surface area (Å²) in [7, 11) is 0. The molecule has 0 radical (unpaired) electrons. The summed E-state index contributed by atoms with van der Waals surface area (Å²) in [5.41, 5.74) is -1.05. The van der Waals surface area contributed by atoms with Gasteiger partial charge in [-0.25, -0.2) is 4.79 Å². The molecule has 3 aliphatic carbocycles. The standard InChI is InChI=1S/C26H31NO10/c28-13-5-6-26(34)15-9-12-3-4-14(35-24-19(31)17(29)18(30)21(37-24)23(32)33)20-16(12)25(26,22(13)36-20)7-8-27(15)10-11-1-2-11/h3-4,11,15,17-19,21-22,24,29-31,34H,1-2,5-10H2,(H,32,33)/t15-,17+,18-,19-,21+,22+,24-,25+,26-/m1/s1/i17D,18D,19D,21D. The Labute approximate surface area is 218 Å². The van der Waals surface area contributed by atoms with E-state index in [2.05, 4.69) is 4.90 Å². The van der Waals surface area contributed by atoms with Gasteiger partial charge in [-0.05, 0) is 56.2 Å². The second kappa shape index (κ2) is 7.87. The molecule has 1 aromatic rings. The van der Waals surface area contributed by atoms with E-state index in [4.69, 9.17) is 19.7 Å². The monoisotopic (exact) mass is 521 g/mol. The molecule has 5 N–H and O–H groups in total. The Hall–Kier alpha value is -2.28. The van der Waals surface area contributed by atoms with Crippen molar-refractivity contribution in [3.63, 3.8) is 0 Å². The molecule has 11 nitrogen and oxygen atoms in total. The van der Waals surface area contributed by atoms with Crippen LogP contribution < -0.4 is 9.47 Å². The van der Waals surface area contributed by atoms with Crippen molar-refractivity contribution in [2.24, 2.45) is 5.92 Å². The fourth-order valence-electron chi connectivity index (χ4n) is 7.25. The van der Waals surface area contributed by atoms with Crippen LogP contribution >= 0.6 is 0 Å². The van der Waals surface area contributed by atoms with Crippen LogP contribution in [0.5, 0.6) is 11.5 Å². The average Bonchev–Trinajstić information content (AvgIpc) is 3.63. The molecule has 2 saturated carbocycles. The minimum atomic E-state index is -4.02. The topological polar surface area (TPSA) is 166 Å². The smallest absolute Gasteiger partial charge is 0.335 e. The lowest BCUT2D eigenvalue weighted by molar-refractivity contribution is -0.271. The maximum absolute atomic E-state index is 13.3. The molecule has 2 bridgehead atoms.